The fraction of sp³-hybridized carbons (Fsp3) is 0.583. The van der Waals surface area contributed by atoms with E-state index in [1.807, 2.05) is 29.1 Å². The van der Waals surface area contributed by atoms with Crippen LogP contribution in [-0.4, -0.2) is 79.8 Å². The number of fused-ring (bicyclic) bond motifs is 4. The summed E-state index contributed by atoms with van der Waals surface area (Å²) in [5.74, 6) is 0.641. The number of nitrogens with zero attached hydrogens (tertiary/aromatic N) is 6. The van der Waals surface area contributed by atoms with E-state index in [2.05, 4.69) is 35.6 Å². The lowest BCUT2D eigenvalue weighted by molar-refractivity contribution is 0.0294. The molecule has 0 aliphatic carbocycles. The number of piperidine rings is 4. The van der Waals surface area contributed by atoms with Crippen molar-refractivity contribution in [3.05, 3.63) is 30.1 Å². The molecule has 33 heavy (non-hydrogen) atoms. The SMILES string of the molecule is O=C(N[C@@H]1CC2CCN1CC2)c1n[nH]c2cc(-c3cn(CCN4CCCCC4)nn3)ccc12. The van der Waals surface area contributed by atoms with Gasteiger partial charge in [-0.05, 0) is 63.2 Å². The number of rotatable bonds is 6. The van der Waals surface area contributed by atoms with E-state index in [1.165, 1.54) is 45.2 Å². The van der Waals surface area contributed by atoms with Gasteiger partial charge in [0.2, 0.25) is 0 Å². The van der Waals surface area contributed by atoms with Crippen molar-refractivity contribution < 1.29 is 4.79 Å². The molecule has 2 bridgehead atoms. The van der Waals surface area contributed by atoms with E-state index in [4.69, 9.17) is 0 Å². The Morgan fingerprint density at radius 1 is 1.09 bits per heavy atom. The maximum Gasteiger partial charge on any atom is 0.273 e. The second-order valence-corrected chi connectivity index (χ2v) is 9.81. The molecule has 0 saturated carbocycles. The zero-order chi connectivity index (χ0) is 22.2. The predicted octanol–water partition coefficient (Wildman–Crippen LogP) is 2.48. The fourth-order valence-corrected chi connectivity index (χ4v) is 5.65. The summed E-state index contributed by atoms with van der Waals surface area (Å²) in [5, 5.41) is 20.1. The molecule has 4 aliphatic heterocycles. The highest BCUT2D eigenvalue weighted by Crippen LogP contribution is 2.31. The average Bonchev–Trinajstić information content (AvgIpc) is 3.51. The third kappa shape index (κ3) is 4.27. The summed E-state index contributed by atoms with van der Waals surface area (Å²) in [4.78, 5) is 17.9. The average molecular weight is 449 g/mol. The number of hydrogen-bond acceptors (Lipinski definition) is 6. The minimum atomic E-state index is -0.102. The van der Waals surface area contributed by atoms with Crippen LogP contribution in [-0.2, 0) is 6.54 Å². The minimum Gasteiger partial charge on any atom is -0.335 e. The highest BCUT2D eigenvalue weighted by atomic mass is 16.2. The molecule has 2 aromatic heterocycles. The molecule has 4 aliphatic rings. The first-order valence-electron chi connectivity index (χ1n) is 12.4. The largest absolute Gasteiger partial charge is 0.335 e. The van der Waals surface area contributed by atoms with Gasteiger partial charge in [0, 0.05) is 30.6 Å². The van der Waals surface area contributed by atoms with Crippen molar-refractivity contribution in [3.63, 3.8) is 0 Å². The van der Waals surface area contributed by atoms with Gasteiger partial charge in [-0.3, -0.25) is 19.5 Å². The van der Waals surface area contributed by atoms with Crippen LogP contribution in [0.1, 0.15) is 49.0 Å². The van der Waals surface area contributed by atoms with Crippen molar-refractivity contribution in [3.8, 4) is 11.3 Å². The predicted molar refractivity (Wildman–Crippen MR) is 126 cm³/mol. The molecule has 0 unspecified atom stereocenters. The van der Waals surface area contributed by atoms with E-state index >= 15 is 0 Å². The van der Waals surface area contributed by atoms with E-state index in [-0.39, 0.29) is 12.1 Å². The second kappa shape index (κ2) is 8.87. The summed E-state index contributed by atoms with van der Waals surface area (Å²) in [6, 6.07) is 5.97. The molecule has 9 nitrogen and oxygen atoms in total. The van der Waals surface area contributed by atoms with E-state index in [0.29, 0.717) is 5.69 Å². The number of likely N-dealkylation sites (tertiary alicyclic amines) is 1. The van der Waals surface area contributed by atoms with E-state index in [9.17, 15) is 4.79 Å². The molecule has 3 aromatic rings. The molecule has 9 heteroatoms. The molecule has 4 saturated heterocycles. The number of carbonyl (C=O) groups excluding carboxylic acids is 1. The number of hydrogen-bond donors (Lipinski definition) is 2. The molecule has 1 amide bonds. The summed E-state index contributed by atoms with van der Waals surface area (Å²) < 4.78 is 1.92. The van der Waals surface area contributed by atoms with Gasteiger partial charge < -0.3 is 10.2 Å². The molecular formula is C24H32N8O. The normalized spacial score (nSPS) is 25.5. The van der Waals surface area contributed by atoms with Gasteiger partial charge in [0.1, 0.15) is 5.69 Å². The van der Waals surface area contributed by atoms with E-state index in [0.717, 1.165) is 60.7 Å². The number of carbonyl (C=O) groups is 1. The van der Waals surface area contributed by atoms with Gasteiger partial charge in [0.25, 0.3) is 5.91 Å². The summed E-state index contributed by atoms with van der Waals surface area (Å²) in [6.45, 7) is 6.40. The smallest absolute Gasteiger partial charge is 0.273 e. The van der Waals surface area contributed by atoms with Gasteiger partial charge in [0.05, 0.1) is 24.4 Å². The van der Waals surface area contributed by atoms with Crippen LogP contribution < -0.4 is 5.32 Å². The van der Waals surface area contributed by atoms with Gasteiger partial charge in [-0.2, -0.15) is 5.10 Å². The van der Waals surface area contributed by atoms with Gasteiger partial charge in [-0.25, -0.2) is 0 Å². The lowest BCUT2D eigenvalue weighted by Crippen LogP contribution is -2.56. The quantitative estimate of drug-likeness (QED) is 0.602. The number of nitrogens with one attached hydrogen (secondary N) is 2. The number of benzene rings is 1. The number of H-pyrrole nitrogens is 1. The molecule has 2 N–H and O–H groups in total. The van der Waals surface area contributed by atoms with Crippen molar-refractivity contribution in [2.75, 3.05) is 32.7 Å². The minimum absolute atomic E-state index is 0.102. The number of amides is 1. The first-order chi connectivity index (χ1) is 16.2. The first-order valence-corrected chi connectivity index (χ1v) is 12.4. The Bertz CT molecular complexity index is 1120. The van der Waals surface area contributed by atoms with Crippen LogP contribution in [0.15, 0.2) is 24.4 Å². The third-order valence-corrected chi connectivity index (χ3v) is 7.65. The zero-order valence-corrected chi connectivity index (χ0v) is 19.0. The lowest BCUT2D eigenvalue weighted by Gasteiger charge is -2.45. The van der Waals surface area contributed by atoms with Gasteiger partial charge in [0.15, 0.2) is 5.69 Å². The first kappa shape index (κ1) is 20.8. The summed E-state index contributed by atoms with van der Waals surface area (Å²) in [7, 11) is 0. The van der Waals surface area contributed by atoms with Crippen molar-refractivity contribution in [2.45, 2.75) is 51.2 Å². The van der Waals surface area contributed by atoms with Gasteiger partial charge in [-0.1, -0.05) is 17.7 Å². The Balaban J connectivity index is 1.13. The summed E-state index contributed by atoms with van der Waals surface area (Å²) >= 11 is 0. The van der Waals surface area contributed by atoms with Gasteiger partial charge in [-0.15, -0.1) is 5.10 Å². The van der Waals surface area contributed by atoms with Gasteiger partial charge >= 0.3 is 0 Å². The van der Waals surface area contributed by atoms with Crippen molar-refractivity contribution in [1.29, 1.82) is 0 Å². The van der Waals surface area contributed by atoms with Crippen molar-refractivity contribution in [1.82, 2.24) is 40.3 Å². The number of aromatic amines is 1. The second-order valence-electron chi connectivity index (χ2n) is 9.81. The Morgan fingerprint density at radius 2 is 1.94 bits per heavy atom. The van der Waals surface area contributed by atoms with Crippen LogP contribution >= 0.6 is 0 Å². The Morgan fingerprint density at radius 3 is 2.73 bits per heavy atom. The molecule has 0 spiro atoms. The summed E-state index contributed by atoms with van der Waals surface area (Å²) in [6.07, 6.45) is 9.64. The molecule has 1 atom stereocenters. The summed E-state index contributed by atoms with van der Waals surface area (Å²) in [5.41, 5.74) is 3.11. The van der Waals surface area contributed by atoms with Crippen LogP contribution in [0, 0.1) is 5.92 Å². The van der Waals surface area contributed by atoms with E-state index in [1.54, 1.807) is 0 Å². The third-order valence-electron chi connectivity index (χ3n) is 7.65. The van der Waals surface area contributed by atoms with Crippen LogP contribution in [0.2, 0.25) is 0 Å². The Labute approximate surface area is 193 Å². The van der Waals surface area contributed by atoms with Crippen LogP contribution in [0.5, 0.6) is 0 Å². The molecule has 7 rings (SSSR count). The Hall–Kier alpha value is -2.78. The van der Waals surface area contributed by atoms with E-state index < -0.39 is 0 Å². The molecule has 0 radical (unpaired) electrons. The standard InChI is InChI=1S/C24H32N8O/c33-24(25-22-14-17-6-10-31(22)11-7-17)23-19-5-4-18(15-20(19)26-28-23)21-16-32(29-27-21)13-12-30-8-2-1-3-9-30/h4-5,15-17,22H,1-3,6-14H2,(H,25,33)(H,26,28)/t22-/m0/s1. The van der Waals surface area contributed by atoms with Crippen molar-refractivity contribution in [2.24, 2.45) is 5.92 Å². The topological polar surface area (TPSA) is 95.0 Å². The maximum absolute atomic E-state index is 13.0. The highest BCUT2D eigenvalue weighted by Gasteiger charge is 2.34. The van der Waals surface area contributed by atoms with Crippen molar-refractivity contribution >= 4 is 16.8 Å². The molecule has 174 valence electrons. The maximum atomic E-state index is 13.0. The fourth-order valence-electron chi connectivity index (χ4n) is 5.65. The molecule has 1 aromatic carbocycles. The van der Waals surface area contributed by atoms with Crippen LogP contribution in [0.25, 0.3) is 22.2 Å². The lowest BCUT2D eigenvalue weighted by atomic mass is 9.86. The molecular weight excluding hydrogens is 416 g/mol. The monoisotopic (exact) mass is 448 g/mol. The zero-order valence-electron chi connectivity index (χ0n) is 19.0. The van der Waals surface area contributed by atoms with Crippen LogP contribution in [0.3, 0.4) is 0 Å². The number of aromatic nitrogens is 5. The Kier molecular flexibility index (Phi) is 5.59. The molecule has 4 fully saturated rings. The van der Waals surface area contributed by atoms with Crippen LogP contribution in [0.4, 0.5) is 0 Å². The highest BCUT2D eigenvalue weighted by molar-refractivity contribution is 6.05. The molecule has 6 heterocycles.